The fraction of sp³-hybridized carbons (Fsp3) is 0.944. The molecular weight excluding hydrogens is 260 g/mol. The molecule has 0 aromatic rings. The molecule has 0 aromatic heterocycles. The average molecular weight is 296 g/mol. The van der Waals surface area contributed by atoms with Gasteiger partial charge in [-0.15, -0.1) is 0 Å². The Balaban J connectivity index is 2.28. The van der Waals surface area contributed by atoms with E-state index in [9.17, 15) is 4.79 Å². The van der Waals surface area contributed by atoms with Gasteiger partial charge in [0, 0.05) is 12.5 Å². The molecule has 0 bridgehead atoms. The summed E-state index contributed by atoms with van der Waals surface area (Å²) in [4.78, 5) is 14.6. The van der Waals surface area contributed by atoms with E-state index in [-0.39, 0.29) is 0 Å². The lowest BCUT2D eigenvalue weighted by Crippen LogP contribution is -2.43. The maximum Gasteiger partial charge on any atom is 0.220 e. The maximum atomic E-state index is 12.3. The van der Waals surface area contributed by atoms with Crippen LogP contribution >= 0.6 is 0 Å². The van der Waals surface area contributed by atoms with Crippen molar-refractivity contribution in [1.29, 1.82) is 0 Å². The number of carbonyl (C=O) groups is 1. The molecule has 1 aliphatic rings. The van der Waals surface area contributed by atoms with Crippen molar-refractivity contribution in [2.75, 3.05) is 20.1 Å². The van der Waals surface area contributed by atoms with Crippen molar-refractivity contribution in [1.82, 2.24) is 10.2 Å². The number of hydrogen-bond donors (Lipinski definition) is 1. The number of hydrogen-bond acceptors (Lipinski definition) is 2. The van der Waals surface area contributed by atoms with Crippen molar-refractivity contribution < 1.29 is 4.79 Å². The highest BCUT2D eigenvalue weighted by Crippen LogP contribution is 2.21. The summed E-state index contributed by atoms with van der Waals surface area (Å²) in [5.41, 5.74) is 0. The van der Waals surface area contributed by atoms with Gasteiger partial charge in [-0.1, -0.05) is 46.0 Å². The smallest absolute Gasteiger partial charge is 0.220 e. The van der Waals surface area contributed by atoms with Crippen LogP contribution in [0.25, 0.3) is 0 Å². The van der Waals surface area contributed by atoms with Gasteiger partial charge >= 0.3 is 0 Å². The van der Waals surface area contributed by atoms with Gasteiger partial charge in [-0.2, -0.15) is 0 Å². The third-order valence-corrected chi connectivity index (χ3v) is 4.74. The third-order valence-electron chi connectivity index (χ3n) is 4.74. The molecule has 1 heterocycles. The maximum absolute atomic E-state index is 12.3. The summed E-state index contributed by atoms with van der Waals surface area (Å²) in [6, 6.07) is 0.413. The molecule has 124 valence electrons. The van der Waals surface area contributed by atoms with Crippen LogP contribution in [0.5, 0.6) is 0 Å². The molecular formula is C18H36N2O. The first-order valence-electron chi connectivity index (χ1n) is 9.13. The molecule has 1 fully saturated rings. The fourth-order valence-electron chi connectivity index (χ4n) is 3.23. The summed E-state index contributed by atoms with van der Waals surface area (Å²) < 4.78 is 0. The quantitative estimate of drug-likeness (QED) is 0.619. The Morgan fingerprint density at radius 3 is 2.33 bits per heavy atom. The Kier molecular flexibility index (Phi) is 9.73. The number of nitrogens with one attached hydrogen (secondary N) is 1. The van der Waals surface area contributed by atoms with Gasteiger partial charge in [0.05, 0.1) is 0 Å². The molecule has 0 aromatic carbocycles. The van der Waals surface area contributed by atoms with Crippen molar-refractivity contribution in [2.24, 2.45) is 5.92 Å². The Morgan fingerprint density at radius 1 is 1.10 bits per heavy atom. The molecule has 1 rings (SSSR count). The zero-order valence-corrected chi connectivity index (χ0v) is 14.5. The minimum atomic E-state index is 0.294. The van der Waals surface area contributed by atoms with E-state index in [0.29, 0.717) is 17.9 Å². The van der Waals surface area contributed by atoms with Crippen LogP contribution in [0.1, 0.15) is 78.1 Å². The van der Waals surface area contributed by atoms with E-state index in [1.165, 1.54) is 44.9 Å². The molecule has 1 aliphatic heterocycles. The number of piperidine rings is 1. The van der Waals surface area contributed by atoms with Gasteiger partial charge in [0.15, 0.2) is 0 Å². The van der Waals surface area contributed by atoms with Crippen molar-refractivity contribution >= 4 is 5.91 Å². The van der Waals surface area contributed by atoms with Crippen LogP contribution in [-0.4, -0.2) is 37.0 Å². The Morgan fingerprint density at radius 2 is 1.71 bits per heavy atom. The van der Waals surface area contributed by atoms with E-state index in [1.807, 2.05) is 0 Å². The molecule has 0 aliphatic carbocycles. The lowest BCUT2D eigenvalue weighted by atomic mass is 9.92. The monoisotopic (exact) mass is 296 g/mol. The molecule has 1 unspecified atom stereocenters. The van der Waals surface area contributed by atoms with Crippen LogP contribution in [0, 0.1) is 5.92 Å². The highest BCUT2D eigenvalue weighted by molar-refractivity contribution is 5.76. The number of amides is 1. The van der Waals surface area contributed by atoms with Gasteiger partial charge in [0.2, 0.25) is 5.91 Å². The van der Waals surface area contributed by atoms with Gasteiger partial charge in [0.25, 0.3) is 0 Å². The Bertz CT molecular complexity index is 272. The highest BCUT2D eigenvalue weighted by Gasteiger charge is 2.20. The number of unbranched alkanes of at least 4 members (excludes halogenated alkanes) is 3. The minimum absolute atomic E-state index is 0.294. The van der Waals surface area contributed by atoms with Crippen LogP contribution in [0.4, 0.5) is 0 Å². The second kappa shape index (κ2) is 11.1. The van der Waals surface area contributed by atoms with E-state index in [4.69, 9.17) is 0 Å². The van der Waals surface area contributed by atoms with Gasteiger partial charge in [-0.05, 0) is 51.7 Å². The number of nitrogens with zero attached hydrogens (tertiary/aromatic N) is 1. The Labute approximate surface area is 131 Å². The summed E-state index contributed by atoms with van der Waals surface area (Å²) in [6.45, 7) is 6.71. The molecule has 3 nitrogen and oxygen atoms in total. The second-order valence-corrected chi connectivity index (χ2v) is 6.85. The molecule has 1 saturated heterocycles. The zero-order valence-electron chi connectivity index (χ0n) is 14.5. The average Bonchev–Trinajstić information content (AvgIpc) is 2.47. The lowest BCUT2D eigenvalue weighted by Gasteiger charge is -2.30. The second-order valence-electron chi connectivity index (χ2n) is 6.85. The highest BCUT2D eigenvalue weighted by atomic mass is 16.1. The molecule has 0 spiro atoms. The SMILES string of the molecule is CCCCCC(CCCC)CC(=O)NC1CCN(C)CC1. The van der Waals surface area contributed by atoms with Crippen LogP contribution in [-0.2, 0) is 4.79 Å². The standard InChI is InChI=1S/C18H36N2O/c1-4-6-8-10-16(9-7-5-2)15-18(21)19-17-11-13-20(3)14-12-17/h16-17H,4-15H2,1-3H3,(H,19,21). The molecule has 1 N–H and O–H groups in total. The summed E-state index contributed by atoms with van der Waals surface area (Å²) in [5.74, 6) is 0.893. The first-order chi connectivity index (χ1) is 10.2. The molecule has 21 heavy (non-hydrogen) atoms. The van der Waals surface area contributed by atoms with Gasteiger partial charge in [-0.3, -0.25) is 4.79 Å². The molecule has 3 heteroatoms. The normalized spacial score (nSPS) is 18.6. The predicted molar refractivity (Wildman–Crippen MR) is 90.4 cm³/mol. The third kappa shape index (κ3) is 8.45. The number of rotatable bonds is 10. The topological polar surface area (TPSA) is 32.3 Å². The molecule has 0 saturated carbocycles. The van der Waals surface area contributed by atoms with Gasteiger partial charge in [-0.25, -0.2) is 0 Å². The predicted octanol–water partition coefficient (Wildman–Crippen LogP) is 3.97. The van der Waals surface area contributed by atoms with Crippen LogP contribution in [0.15, 0.2) is 0 Å². The molecule has 1 amide bonds. The van der Waals surface area contributed by atoms with Crippen molar-refractivity contribution in [2.45, 2.75) is 84.1 Å². The molecule has 0 radical (unpaired) electrons. The van der Waals surface area contributed by atoms with E-state index in [0.717, 1.165) is 32.4 Å². The van der Waals surface area contributed by atoms with Crippen molar-refractivity contribution in [3.8, 4) is 0 Å². The van der Waals surface area contributed by atoms with E-state index < -0.39 is 0 Å². The molecule has 1 atom stereocenters. The number of likely N-dealkylation sites (tertiary alicyclic amines) is 1. The number of carbonyl (C=O) groups excluding carboxylic acids is 1. The zero-order chi connectivity index (χ0) is 15.5. The van der Waals surface area contributed by atoms with Crippen LogP contribution in [0.3, 0.4) is 0 Å². The van der Waals surface area contributed by atoms with Crippen LogP contribution < -0.4 is 5.32 Å². The first-order valence-corrected chi connectivity index (χ1v) is 9.13. The van der Waals surface area contributed by atoms with Crippen molar-refractivity contribution in [3.63, 3.8) is 0 Å². The summed E-state index contributed by atoms with van der Waals surface area (Å²) in [5, 5.41) is 3.27. The fourth-order valence-corrected chi connectivity index (χ4v) is 3.23. The Hall–Kier alpha value is -0.570. The van der Waals surface area contributed by atoms with Crippen molar-refractivity contribution in [3.05, 3.63) is 0 Å². The van der Waals surface area contributed by atoms with Gasteiger partial charge < -0.3 is 10.2 Å². The first kappa shape index (κ1) is 18.5. The van der Waals surface area contributed by atoms with E-state index in [1.54, 1.807) is 0 Å². The lowest BCUT2D eigenvalue weighted by molar-refractivity contribution is -0.123. The van der Waals surface area contributed by atoms with Gasteiger partial charge in [0.1, 0.15) is 0 Å². The minimum Gasteiger partial charge on any atom is -0.353 e. The summed E-state index contributed by atoms with van der Waals surface area (Å²) >= 11 is 0. The largest absolute Gasteiger partial charge is 0.353 e. The van der Waals surface area contributed by atoms with E-state index >= 15 is 0 Å². The summed E-state index contributed by atoms with van der Waals surface area (Å²) in [7, 11) is 2.16. The van der Waals surface area contributed by atoms with E-state index in [2.05, 4.69) is 31.1 Å². The van der Waals surface area contributed by atoms with Crippen LogP contribution in [0.2, 0.25) is 0 Å². The summed E-state index contributed by atoms with van der Waals surface area (Å²) in [6.07, 6.45) is 11.8.